The van der Waals surface area contributed by atoms with Gasteiger partial charge in [0.1, 0.15) is 5.76 Å². The van der Waals surface area contributed by atoms with Crippen LogP contribution in [0.3, 0.4) is 0 Å². The molecule has 0 saturated heterocycles. The fourth-order valence-corrected chi connectivity index (χ4v) is 3.46. The Labute approximate surface area is 94.5 Å². The normalized spacial score (nSPS) is 37.5. The van der Waals surface area contributed by atoms with E-state index in [1.54, 1.807) is 6.26 Å². The van der Waals surface area contributed by atoms with E-state index < -0.39 is 11.4 Å². The maximum absolute atomic E-state index is 11.3. The highest BCUT2D eigenvalue weighted by atomic mass is 16.4. The lowest BCUT2D eigenvalue weighted by molar-refractivity contribution is -0.156. The summed E-state index contributed by atoms with van der Waals surface area (Å²) in [7, 11) is 0. The minimum atomic E-state index is -0.597. The molecule has 1 aromatic heterocycles. The zero-order chi connectivity index (χ0) is 11.2. The second-order valence-electron chi connectivity index (χ2n) is 5.34. The van der Waals surface area contributed by atoms with Crippen molar-refractivity contribution in [1.82, 2.24) is 0 Å². The topological polar surface area (TPSA) is 50.4 Å². The van der Waals surface area contributed by atoms with E-state index in [2.05, 4.69) is 0 Å². The van der Waals surface area contributed by atoms with Gasteiger partial charge in [0.2, 0.25) is 0 Å². The SMILES string of the molecule is O=C(O)C12CCC(c3ccco3)(CC1)CC2. The number of rotatable bonds is 2. The second-order valence-corrected chi connectivity index (χ2v) is 5.34. The van der Waals surface area contributed by atoms with Gasteiger partial charge in [0.25, 0.3) is 0 Å². The van der Waals surface area contributed by atoms with Gasteiger partial charge >= 0.3 is 5.97 Å². The number of hydrogen-bond acceptors (Lipinski definition) is 2. The highest BCUT2D eigenvalue weighted by Gasteiger charge is 2.54. The number of fused-ring (bicyclic) bond motifs is 3. The Morgan fingerprint density at radius 3 is 2.25 bits per heavy atom. The largest absolute Gasteiger partial charge is 0.481 e. The molecular weight excluding hydrogens is 204 g/mol. The summed E-state index contributed by atoms with van der Waals surface area (Å²) in [5.41, 5.74) is -0.283. The van der Waals surface area contributed by atoms with Crippen LogP contribution in [0.2, 0.25) is 0 Å². The van der Waals surface area contributed by atoms with Gasteiger partial charge in [-0.1, -0.05) is 0 Å². The molecule has 0 aliphatic heterocycles. The van der Waals surface area contributed by atoms with Crippen molar-refractivity contribution < 1.29 is 14.3 Å². The fraction of sp³-hybridized carbons (Fsp3) is 0.615. The summed E-state index contributed by atoms with van der Waals surface area (Å²) in [6.45, 7) is 0. The van der Waals surface area contributed by atoms with Gasteiger partial charge in [0.05, 0.1) is 11.7 Å². The molecule has 2 bridgehead atoms. The van der Waals surface area contributed by atoms with Crippen LogP contribution in [0.1, 0.15) is 44.3 Å². The van der Waals surface area contributed by atoms with Gasteiger partial charge in [-0.25, -0.2) is 0 Å². The number of carboxylic acids is 1. The van der Waals surface area contributed by atoms with Crippen LogP contribution in [0.4, 0.5) is 0 Å². The van der Waals surface area contributed by atoms with E-state index in [4.69, 9.17) is 4.42 Å². The summed E-state index contributed by atoms with van der Waals surface area (Å²) in [6, 6.07) is 3.97. The quantitative estimate of drug-likeness (QED) is 0.833. The Morgan fingerprint density at radius 2 is 1.81 bits per heavy atom. The van der Waals surface area contributed by atoms with Crippen LogP contribution < -0.4 is 0 Å². The summed E-state index contributed by atoms with van der Waals surface area (Å²) in [4.78, 5) is 11.3. The number of aliphatic carboxylic acids is 1. The summed E-state index contributed by atoms with van der Waals surface area (Å²) >= 11 is 0. The van der Waals surface area contributed by atoms with Gasteiger partial charge < -0.3 is 9.52 Å². The molecule has 1 aromatic rings. The van der Waals surface area contributed by atoms with Crippen molar-refractivity contribution in [2.24, 2.45) is 5.41 Å². The first-order valence-electron chi connectivity index (χ1n) is 5.94. The Morgan fingerprint density at radius 1 is 1.19 bits per heavy atom. The van der Waals surface area contributed by atoms with E-state index in [0.717, 1.165) is 44.3 Å². The van der Waals surface area contributed by atoms with Gasteiger partial charge in [-0.2, -0.15) is 0 Å². The van der Waals surface area contributed by atoms with Crippen molar-refractivity contribution in [3.63, 3.8) is 0 Å². The predicted molar refractivity (Wildman–Crippen MR) is 58.2 cm³/mol. The van der Waals surface area contributed by atoms with E-state index in [1.807, 2.05) is 12.1 Å². The first-order chi connectivity index (χ1) is 7.67. The molecule has 3 nitrogen and oxygen atoms in total. The molecule has 3 heteroatoms. The molecule has 0 aromatic carbocycles. The van der Waals surface area contributed by atoms with Gasteiger partial charge in [0.15, 0.2) is 0 Å². The minimum Gasteiger partial charge on any atom is -0.481 e. The van der Waals surface area contributed by atoms with E-state index in [1.165, 1.54) is 0 Å². The summed E-state index contributed by atoms with van der Waals surface area (Å²) in [5, 5.41) is 9.30. The number of carbonyl (C=O) groups is 1. The fourth-order valence-electron chi connectivity index (χ4n) is 3.46. The molecule has 0 atom stereocenters. The van der Waals surface area contributed by atoms with Crippen molar-refractivity contribution in [1.29, 1.82) is 0 Å². The van der Waals surface area contributed by atoms with E-state index in [-0.39, 0.29) is 5.41 Å². The lowest BCUT2D eigenvalue weighted by atomic mass is 9.53. The first-order valence-corrected chi connectivity index (χ1v) is 5.94. The van der Waals surface area contributed by atoms with E-state index in [9.17, 15) is 9.90 Å². The molecule has 3 aliphatic carbocycles. The van der Waals surface area contributed by atoms with Crippen molar-refractivity contribution in [2.45, 2.75) is 43.9 Å². The highest BCUT2D eigenvalue weighted by Crippen LogP contribution is 2.57. The molecular formula is C13H16O3. The molecule has 1 N–H and O–H groups in total. The number of carboxylic acid groups (broad SMARTS) is 1. The van der Waals surface area contributed by atoms with Gasteiger partial charge in [0, 0.05) is 5.41 Å². The van der Waals surface area contributed by atoms with Crippen molar-refractivity contribution >= 4 is 5.97 Å². The minimum absolute atomic E-state index is 0.140. The Kier molecular flexibility index (Phi) is 1.94. The third-order valence-electron chi connectivity index (χ3n) is 4.74. The van der Waals surface area contributed by atoms with E-state index in [0.29, 0.717) is 0 Å². The molecule has 3 saturated carbocycles. The van der Waals surface area contributed by atoms with Gasteiger partial charge in [-0.05, 0) is 50.7 Å². The average molecular weight is 220 g/mol. The molecule has 1 heterocycles. The van der Waals surface area contributed by atoms with Gasteiger partial charge in [-0.15, -0.1) is 0 Å². The molecule has 3 fully saturated rings. The number of hydrogen-bond donors (Lipinski definition) is 1. The molecule has 4 rings (SSSR count). The highest BCUT2D eigenvalue weighted by molar-refractivity contribution is 5.75. The van der Waals surface area contributed by atoms with Crippen molar-refractivity contribution in [3.8, 4) is 0 Å². The van der Waals surface area contributed by atoms with Crippen molar-refractivity contribution in [3.05, 3.63) is 24.2 Å². The molecule has 16 heavy (non-hydrogen) atoms. The third-order valence-corrected chi connectivity index (χ3v) is 4.74. The van der Waals surface area contributed by atoms with Crippen molar-refractivity contribution in [2.75, 3.05) is 0 Å². The smallest absolute Gasteiger partial charge is 0.309 e. The van der Waals surface area contributed by atoms with Crippen LogP contribution in [0, 0.1) is 5.41 Å². The summed E-state index contributed by atoms with van der Waals surface area (Å²) in [5.74, 6) is 0.464. The molecule has 86 valence electrons. The van der Waals surface area contributed by atoms with E-state index >= 15 is 0 Å². The predicted octanol–water partition coefficient (Wildman–Crippen LogP) is 2.96. The Balaban J connectivity index is 1.89. The van der Waals surface area contributed by atoms with Crippen LogP contribution in [-0.2, 0) is 10.2 Å². The lowest BCUT2D eigenvalue weighted by Crippen LogP contribution is -2.47. The van der Waals surface area contributed by atoms with Crippen LogP contribution in [-0.4, -0.2) is 11.1 Å². The zero-order valence-electron chi connectivity index (χ0n) is 9.24. The summed E-state index contributed by atoms with van der Waals surface area (Å²) < 4.78 is 5.54. The zero-order valence-corrected chi connectivity index (χ0v) is 9.24. The standard InChI is InChI=1S/C13H16O3/c14-11(15)13-6-3-12(4-7-13,5-8-13)10-2-1-9-16-10/h1-2,9H,3-8H2,(H,14,15). The van der Waals surface area contributed by atoms with Crippen LogP contribution in [0.15, 0.2) is 22.8 Å². The third kappa shape index (κ3) is 1.17. The molecule has 0 radical (unpaired) electrons. The Bertz CT molecular complexity index is 380. The summed E-state index contributed by atoms with van der Waals surface area (Å²) in [6.07, 6.45) is 7.04. The molecule has 3 aliphatic rings. The maximum Gasteiger partial charge on any atom is 0.309 e. The van der Waals surface area contributed by atoms with Gasteiger partial charge in [-0.3, -0.25) is 4.79 Å². The number of furan rings is 1. The van der Waals surface area contributed by atoms with Crippen LogP contribution in [0.25, 0.3) is 0 Å². The molecule has 0 spiro atoms. The van der Waals surface area contributed by atoms with Crippen LogP contribution in [0.5, 0.6) is 0 Å². The molecule has 0 unspecified atom stereocenters. The lowest BCUT2D eigenvalue weighted by Gasteiger charge is -2.50. The molecule has 0 amide bonds. The van der Waals surface area contributed by atoms with Crippen LogP contribution >= 0.6 is 0 Å². The maximum atomic E-state index is 11.3. The monoisotopic (exact) mass is 220 g/mol. The Hall–Kier alpha value is -1.25. The first kappa shape index (κ1) is 9.94. The average Bonchev–Trinajstić information content (AvgIpc) is 2.85. The second kappa shape index (κ2) is 3.12.